The third-order valence-electron chi connectivity index (χ3n) is 12.0. The van der Waals surface area contributed by atoms with Crippen LogP contribution < -0.4 is 31.8 Å². The maximum Gasteiger partial charge on any atom is 1.00 e. The van der Waals surface area contributed by atoms with Gasteiger partial charge in [0.2, 0.25) is 0 Å². The van der Waals surface area contributed by atoms with E-state index in [1.165, 1.54) is 87.5 Å². The molecule has 0 amide bonds. The van der Waals surface area contributed by atoms with Crippen LogP contribution in [0, 0.1) is 92.9 Å². The first-order valence-corrected chi connectivity index (χ1v) is 23.9. The van der Waals surface area contributed by atoms with E-state index in [1.807, 2.05) is 0 Å². The molecule has 16 heteroatoms. The second-order valence-corrected chi connectivity index (χ2v) is 20.2. The molecule has 0 saturated heterocycles. The van der Waals surface area contributed by atoms with Gasteiger partial charge in [-0.1, -0.05) is 144 Å². The van der Waals surface area contributed by atoms with E-state index in [0.717, 1.165) is 0 Å². The number of hydrogen-bond acceptors (Lipinski definition) is 8. The fraction of sp³-hybridized carbons (Fsp3) is 0.172. The van der Waals surface area contributed by atoms with Gasteiger partial charge in [-0.15, -0.1) is 0 Å². The fourth-order valence-corrected chi connectivity index (χ4v) is 12.6. The summed E-state index contributed by atoms with van der Waals surface area (Å²) in [6, 6.07) is 65.0. The van der Waals surface area contributed by atoms with Crippen LogP contribution in [0.2, 0.25) is 0 Å². The van der Waals surface area contributed by atoms with Crippen LogP contribution in [0.1, 0.15) is 55.6 Å². The maximum absolute atomic E-state index is 6.25. The van der Waals surface area contributed by atoms with Gasteiger partial charge in [0.15, 0.2) is 0 Å². The van der Waals surface area contributed by atoms with Gasteiger partial charge in [0.05, 0.1) is 15.8 Å². The molecule has 0 bridgehead atoms. The van der Waals surface area contributed by atoms with E-state index in [9.17, 15) is 0 Å². The summed E-state index contributed by atoms with van der Waals surface area (Å²) in [7, 11) is -1.75. The molecule has 0 saturated carbocycles. The van der Waals surface area contributed by atoms with E-state index < -0.39 is 15.8 Å². The summed E-state index contributed by atoms with van der Waals surface area (Å²) < 4.78 is 0. The average molecular weight is 1670 g/mol. The van der Waals surface area contributed by atoms with Gasteiger partial charge in [-0.05, 0) is 72.8 Å². The molecule has 0 aliphatic rings. The van der Waals surface area contributed by atoms with Gasteiger partial charge in [0.25, 0.3) is 0 Å². The summed E-state index contributed by atoms with van der Waals surface area (Å²) in [5.41, 5.74) is 14.7. The minimum atomic E-state index is -0.877. The van der Waals surface area contributed by atoms with Crippen LogP contribution in [-0.4, -0.2) is 0 Å². The van der Waals surface area contributed by atoms with Crippen molar-refractivity contribution in [3.05, 3.63) is 251 Å². The first kappa shape index (κ1) is 95.7. The summed E-state index contributed by atoms with van der Waals surface area (Å²) >= 11 is 0. The molecule has 74 heavy (non-hydrogen) atoms. The topological polar surface area (TPSA) is 47.6 Å². The zero-order chi connectivity index (χ0) is 45.6. The Labute approximate surface area is 562 Å². The molecule has 0 fully saturated rings. The fourth-order valence-electron chi connectivity index (χ4n) is 7.44. The van der Waals surface area contributed by atoms with Gasteiger partial charge in [0.1, 0.15) is 31.8 Å². The molecule has 422 valence electrons. The Hall–Kier alpha value is -0.585. The SMILES string of the molecule is C[c-]1[c-](C)[c-](C)[c-](C)[c-]1C.Cc1c(C)c(C)[c-](C)c1C.[C-]#N.[C-]#N.[Cu+].[Cu+].[Cu].[Cu].[SH-].[SH-].[SH-].[SH-].[SH-].[SH-].[W].[W].c1ccc([PH+](c2ccccc2)c2ccccc2)cc1.c1ccc([PH+](c2ccccc2)c2ccccc2)cc1. The molecule has 0 N–H and O–H groups in total. The van der Waals surface area contributed by atoms with Crippen molar-refractivity contribution in [3.63, 3.8) is 0 Å². The van der Waals surface area contributed by atoms with Crippen LogP contribution in [0.5, 0.6) is 0 Å². The normalized spacial score (nSPS) is 8.32. The Kier molecular flexibility index (Phi) is 68.7. The molecule has 0 unspecified atom stereocenters. The zero-order valence-electron chi connectivity index (χ0n) is 42.9. The van der Waals surface area contributed by atoms with Gasteiger partial charge in [-0.3, -0.25) is 0 Å². The molecule has 0 heterocycles. The Balaban J connectivity index is -0.0000000883. The molecule has 8 aromatic rings. The monoisotopic (exact) mass is 1670 g/mol. The summed E-state index contributed by atoms with van der Waals surface area (Å²) in [6.45, 7) is 31.5. The van der Waals surface area contributed by atoms with Crippen LogP contribution in [0.25, 0.3) is 0 Å². The second-order valence-electron chi connectivity index (χ2n) is 15.2. The molecule has 0 aromatic heterocycles. The number of thiol groups is 6. The number of nitrogens with zero attached hydrogens (tertiary/aromatic N) is 2. The molecule has 8 aromatic carbocycles. The largest absolute Gasteiger partial charge is 1.00 e. The smallest absolute Gasteiger partial charge is 0.813 e. The van der Waals surface area contributed by atoms with Gasteiger partial charge in [0, 0.05) is 76.3 Å². The molecule has 2 nitrogen and oxygen atoms in total. The van der Waals surface area contributed by atoms with Crippen LogP contribution >= 0.6 is 15.8 Å². The standard InChI is InChI=1S/2C18H15P.2C10H15.2CN.4Cu.6H2S.2W/c2*1-4-10-16(11-5-1)19(17-12-6-2-7-13-17)18-14-8-3-9-15-18;2*1-6-7(2)9(4)10(5)8(6)3;2*1-2;;;;;;;;;;;;/h2*1-15H;2*1-5H3;;;;;;;6*1H2;;/q;;-5;3*-1;;;2*+1;;;;;;;;/p-4. The van der Waals surface area contributed by atoms with E-state index >= 15 is 0 Å². The van der Waals surface area contributed by atoms with Crippen LogP contribution in [0.15, 0.2) is 182 Å². The molecule has 2 radical (unpaired) electrons. The molecular formula is C58H68Cu4N2P2S6W2-10. The average Bonchev–Trinajstić information content (AvgIpc) is 3.62. The van der Waals surface area contributed by atoms with Crippen molar-refractivity contribution in [2.24, 2.45) is 0 Å². The van der Waals surface area contributed by atoms with Crippen molar-refractivity contribution in [2.75, 3.05) is 0 Å². The molecular weight excluding hydrogens is 1600 g/mol. The molecule has 0 aliphatic carbocycles. The molecule has 0 atom stereocenters. The van der Waals surface area contributed by atoms with E-state index in [2.05, 4.69) is 251 Å². The van der Waals surface area contributed by atoms with Crippen molar-refractivity contribution >= 4 is 129 Å². The predicted molar refractivity (Wildman–Crippen MR) is 327 cm³/mol. The molecule has 8 rings (SSSR count). The second kappa shape index (κ2) is 53.1. The van der Waals surface area contributed by atoms with Crippen molar-refractivity contribution in [2.45, 2.75) is 69.2 Å². The van der Waals surface area contributed by atoms with E-state index in [0.29, 0.717) is 0 Å². The van der Waals surface area contributed by atoms with E-state index in [-0.39, 0.29) is 191 Å². The van der Waals surface area contributed by atoms with Crippen molar-refractivity contribution in [1.82, 2.24) is 0 Å². The van der Waals surface area contributed by atoms with Crippen LogP contribution in [0.3, 0.4) is 0 Å². The Morgan fingerprint density at radius 1 is 0.297 bits per heavy atom. The minimum Gasteiger partial charge on any atom is -0.813 e. The van der Waals surface area contributed by atoms with Gasteiger partial charge < -0.3 is 132 Å². The Morgan fingerprint density at radius 2 is 0.419 bits per heavy atom. The van der Waals surface area contributed by atoms with Crippen LogP contribution in [-0.2, 0) is 191 Å². The first-order valence-electron chi connectivity index (χ1n) is 20.9. The molecule has 0 aliphatic heterocycles. The zero-order valence-corrected chi connectivity index (χ0v) is 59.9. The predicted octanol–water partition coefficient (Wildman–Crippen LogP) is 10.8. The third-order valence-corrected chi connectivity index (χ3v) is 17.5. The van der Waals surface area contributed by atoms with E-state index in [1.54, 1.807) is 0 Å². The maximum atomic E-state index is 6.25. The Bertz CT molecular complexity index is 2050. The number of rotatable bonds is 6. The van der Waals surface area contributed by atoms with Gasteiger partial charge in [-0.25, -0.2) is 34.6 Å². The van der Waals surface area contributed by atoms with Gasteiger partial charge in [-0.2, -0.15) is 27.8 Å². The number of hydrogen-bond donors (Lipinski definition) is 0. The van der Waals surface area contributed by atoms with Crippen LogP contribution in [0.4, 0.5) is 0 Å². The summed E-state index contributed by atoms with van der Waals surface area (Å²) in [4.78, 5) is 0. The first-order chi connectivity index (χ1) is 30.0. The van der Waals surface area contributed by atoms with Crippen molar-refractivity contribution < 1.29 is 110 Å². The number of benzene rings is 6. The quantitative estimate of drug-likeness (QED) is 0.0537. The summed E-state index contributed by atoms with van der Waals surface area (Å²) in [5.74, 6) is 0. The summed E-state index contributed by atoms with van der Waals surface area (Å²) in [5, 5.41) is 21.1. The third kappa shape index (κ3) is 28.5. The van der Waals surface area contributed by atoms with Crippen molar-refractivity contribution in [1.29, 1.82) is 10.5 Å². The minimum absolute atomic E-state index is 0. The summed E-state index contributed by atoms with van der Waals surface area (Å²) in [6.07, 6.45) is 0. The Morgan fingerprint density at radius 3 is 0.514 bits per heavy atom. The molecule has 0 spiro atoms. The van der Waals surface area contributed by atoms with E-state index in [4.69, 9.17) is 23.7 Å². The van der Waals surface area contributed by atoms with Crippen molar-refractivity contribution in [3.8, 4) is 0 Å². The van der Waals surface area contributed by atoms with Gasteiger partial charge >= 0.3 is 34.1 Å².